The van der Waals surface area contributed by atoms with E-state index in [1.54, 1.807) is 43.3 Å². The number of hydrogen-bond donors (Lipinski definition) is 0. The lowest BCUT2D eigenvalue weighted by Gasteiger charge is -2.10. The number of aromatic nitrogens is 1. The number of anilines is 1. The van der Waals surface area contributed by atoms with Gasteiger partial charge >= 0.3 is 0 Å². The van der Waals surface area contributed by atoms with Gasteiger partial charge < -0.3 is 9.32 Å². The molecule has 28 heavy (non-hydrogen) atoms. The lowest BCUT2D eigenvalue weighted by atomic mass is 10.0. The molecule has 4 rings (SSSR count). The first-order chi connectivity index (χ1) is 13.4. The van der Waals surface area contributed by atoms with Gasteiger partial charge in [0.2, 0.25) is 26.6 Å². The van der Waals surface area contributed by atoms with Gasteiger partial charge in [-0.2, -0.15) is 4.98 Å². The van der Waals surface area contributed by atoms with E-state index in [-0.39, 0.29) is 21.7 Å². The molecule has 0 spiro atoms. The summed E-state index contributed by atoms with van der Waals surface area (Å²) in [6, 6.07) is 20.1. The molecule has 142 valence electrons. The maximum absolute atomic E-state index is 13.2. The van der Waals surface area contributed by atoms with Gasteiger partial charge in [-0.15, -0.1) is 0 Å². The van der Waals surface area contributed by atoms with Crippen LogP contribution in [0.1, 0.15) is 0 Å². The summed E-state index contributed by atoms with van der Waals surface area (Å²) in [5.41, 5.74) is 0.749. The first-order valence-corrected chi connectivity index (χ1v) is 10.8. The van der Waals surface area contributed by atoms with Crippen molar-refractivity contribution >= 4 is 42.4 Å². The second-order valence-corrected chi connectivity index (χ2v) is 9.29. The van der Waals surface area contributed by atoms with Crippen LogP contribution in [0.5, 0.6) is 0 Å². The van der Waals surface area contributed by atoms with Crippen molar-refractivity contribution in [3.8, 4) is 11.5 Å². The number of hydrogen-bond acceptors (Lipinski definition) is 5. The van der Waals surface area contributed by atoms with Gasteiger partial charge in [0, 0.05) is 24.1 Å². The SMILES string of the molecule is CN(C)c1oc(-c2cccc3ccccc23)nc1S(=O)(=O)c1ccc(Br)cc1. The number of sulfone groups is 1. The molecule has 0 amide bonds. The largest absolute Gasteiger partial charge is 0.419 e. The Labute approximate surface area is 171 Å². The zero-order valence-corrected chi connectivity index (χ0v) is 17.7. The molecule has 1 aromatic heterocycles. The van der Waals surface area contributed by atoms with Crippen molar-refractivity contribution in [2.75, 3.05) is 19.0 Å². The zero-order chi connectivity index (χ0) is 19.9. The van der Waals surface area contributed by atoms with Gasteiger partial charge in [-0.1, -0.05) is 52.3 Å². The monoisotopic (exact) mass is 456 g/mol. The Morgan fingerprint density at radius 1 is 0.929 bits per heavy atom. The summed E-state index contributed by atoms with van der Waals surface area (Å²) >= 11 is 3.33. The highest BCUT2D eigenvalue weighted by Gasteiger charge is 2.29. The van der Waals surface area contributed by atoms with Gasteiger partial charge in [-0.05, 0) is 41.1 Å². The van der Waals surface area contributed by atoms with Crippen LogP contribution >= 0.6 is 15.9 Å². The number of benzene rings is 3. The van der Waals surface area contributed by atoms with Crippen LogP contribution in [0.3, 0.4) is 0 Å². The fourth-order valence-corrected chi connectivity index (χ4v) is 4.65. The van der Waals surface area contributed by atoms with Crippen molar-refractivity contribution in [3.63, 3.8) is 0 Å². The Hall–Kier alpha value is -2.64. The molecule has 0 fully saturated rings. The van der Waals surface area contributed by atoms with Crippen LogP contribution in [-0.4, -0.2) is 27.5 Å². The smallest absolute Gasteiger partial charge is 0.235 e. The third-order valence-electron chi connectivity index (χ3n) is 4.38. The lowest BCUT2D eigenvalue weighted by Crippen LogP contribution is -2.13. The first-order valence-electron chi connectivity index (χ1n) is 8.55. The number of fused-ring (bicyclic) bond motifs is 1. The predicted octanol–water partition coefficient (Wildman–Crippen LogP) is 5.16. The Kier molecular flexibility index (Phi) is 4.72. The molecule has 1 heterocycles. The molecule has 0 unspecified atom stereocenters. The van der Waals surface area contributed by atoms with Gasteiger partial charge in [0.1, 0.15) is 0 Å². The molecule has 4 aromatic rings. The van der Waals surface area contributed by atoms with Gasteiger partial charge in [0.05, 0.1) is 4.90 Å². The van der Waals surface area contributed by atoms with Crippen LogP contribution in [0.25, 0.3) is 22.2 Å². The maximum atomic E-state index is 13.2. The number of halogens is 1. The minimum atomic E-state index is -3.84. The van der Waals surface area contributed by atoms with Gasteiger partial charge in [-0.3, -0.25) is 0 Å². The summed E-state index contributed by atoms with van der Waals surface area (Å²) in [6.45, 7) is 0. The molecule has 3 aromatic carbocycles. The average molecular weight is 457 g/mol. The molecular weight excluding hydrogens is 440 g/mol. The predicted molar refractivity (Wildman–Crippen MR) is 113 cm³/mol. The Bertz CT molecular complexity index is 1260. The van der Waals surface area contributed by atoms with Crippen LogP contribution in [0.15, 0.2) is 85.5 Å². The summed E-state index contributed by atoms with van der Waals surface area (Å²) in [6.07, 6.45) is 0. The van der Waals surface area contributed by atoms with Crippen LogP contribution in [-0.2, 0) is 9.84 Å². The van der Waals surface area contributed by atoms with Crippen molar-refractivity contribution < 1.29 is 12.8 Å². The average Bonchev–Trinajstić information content (AvgIpc) is 3.14. The quantitative estimate of drug-likeness (QED) is 0.424. The van der Waals surface area contributed by atoms with Gasteiger partial charge in [-0.25, -0.2) is 8.42 Å². The van der Waals surface area contributed by atoms with E-state index < -0.39 is 9.84 Å². The fraction of sp³-hybridized carbons (Fsp3) is 0.0952. The van der Waals surface area contributed by atoms with Gasteiger partial charge in [0.25, 0.3) is 0 Å². The van der Waals surface area contributed by atoms with Crippen LogP contribution in [0.2, 0.25) is 0 Å². The number of oxazole rings is 1. The second kappa shape index (κ2) is 7.07. The summed E-state index contributed by atoms with van der Waals surface area (Å²) in [5, 5.41) is 1.88. The van der Waals surface area contributed by atoms with E-state index in [1.165, 1.54) is 0 Å². The molecule has 7 heteroatoms. The molecule has 0 saturated heterocycles. The molecule has 0 aliphatic rings. The highest BCUT2D eigenvalue weighted by Crippen LogP contribution is 2.36. The van der Waals surface area contributed by atoms with Crippen molar-refractivity contribution in [1.29, 1.82) is 0 Å². The molecular formula is C21H17BrN2O3S. The number of rotatable bonds is 4. The molecule has 0 radical (unpaired) electrons. The standard InChI is InChI=1S/C21H17BrN2O3S/c1-24(2)21-20(28(25,26)16-12-10-15(22)11-13-16)23-19(27-21)18-9-5-7-14-6-3-4-8-17(14)18/h3-13H,1-2H3. The topological polar surface area (TPSA) is 63.4 Å². The first kappa shape index (κ1) is 18.7. The molecule has 0 saturated carbocycles. The van der Waals surface area contributed by atoms with Crippen LogP contribution in [0.4, 0.5) is 5.88 Å². The summed E-state index contributed by atoms with van der Waals surface area (Å²) in [4.78, 5) is 6.20. The Morgan fingerprint density at radius 3 is 2.32 bits per heavy atom. The van der Waals surface area contributed by atoms with E-state index in [2.05, 4.69) is 20.9 Å². The van der Waals surface area contributed by atoms with Gasteiger partial charge in [0.15, 0.2) is 0 Å². The fourth-order valence-electron chi connectivity index (χ4n) is 3.01. The zero-order valence-electron chi connectivity index (χ0n) is 15.3. The number of nitrogens with zero attached hydrogens (tertiary/aromatic N) is 2. The highest BCUT2D eigenvalue weighted by molar-refractivity contribution is 9.10. The van der Waals surface area contributed by atoms with E-state index >= 15 is 0 Å². The summed E-state index contributed by atoms with van der Waals surface area (Å²) in [5.74, 6) is 0.474. The minimum absolute atomic E-state index is 0.0947. The van der Waals surface area contributed by atoms with E-state index in [1.807, 2.05) is 42.5 Å². The third kappa shape index (κ3) is 3.21. The summed E-state index contributed by atoms with van der Waals surface area (Å²) in [7, 11) is -0.379. The molecule has 0 aliphatic heterocycles. The van der Waals surface area contributed by atoms with Crippen molar-refractivity contribution in [1.82, 2.24) is 4.98 Å². The van der Waals surface area contributed by atoms with E-state index in [0.717, 1.165) is 20.8 Å². The van der Waals surface area contributed by atoms with Crippen molar-refractivity contribution in [2.45, 2.75) is 9.92 Å². The maximum Gasteiger partial charge on any atom is 0.235 e. The summed E-state index contributed by atoms with van der Waals surface area (Å²) < 4.78 is 33.2. The minimum Gasteiger partial charge on any atom is -0.419 e. The molecule has 0 bridgehead atoms. The molecule has 5 nitrogen and oxygen atoms in total. The Morgan fingerprint density at radius 2 is 1.61 bits per heavy atom. The van der Waals surface area contributed by atoms with Crippen molar-refractivity contribution in [2.24, 2.45) is 0 Å². The highest BCUT2D eigenvalue weighted by atomic mass is 79.9. The molecule has 0 N–H and O–H groups in total. The lowest BCUT2D eigenvalue weighted by molar-refractivity contribution is 0.564. The molecule has 0 aliphatic carbocycles. The Balaban J connectivity index is 1.93. The van der Waals surface area contributed by atoms with E-state index in [0.29, 0.717) is 0 Å². The van der Waals surface area contributed by atoms with E-state index in [9.17, 15) is 8.42 Å². The normalized spacial score (nSPS) is 11.7. The second-order valence-electron chi connectivity index (χ2n) is 6.51. The van der Waals surface area contributed by atoms with E-state index in [4.69, 9.17) is 4.42 Å². The van der Waals surface area contributed by atoms with Crippen molar-refractivity contribution in [3.05, 3.63) is 71.2 Å². The molecule has 0 atom stereocenters. The van der Waals surface area contributed by atoms with Crippen LogP contribution in [0, 0.1) is 0 Å². The van der Waals surface area contributed by atoms with Crippen LogP contribution < -0.4 is 4.90 Å². The third-order valence-corrected chi connectivity index (χ3v) is 6.58.